The molecular formula is C22H30N3O+. The van der Waals surface area contributed by atoms with Gasteiger partial charge in [0.05, 0.1) is 7.11 Å². The molecular weight excluding hydrogens is 322 g/mol. The lowest BCUT2D eigenvalue weighted by Crippen LogP contribution is -2.22. The van der Waals surface area contributed by atoms with Gasteiger partial charge >= 0.3 is 0 Å². The van der Waals surface area contributed by atoms with Gasteiger partial charge in [0.15, 0.2) is 0 Å². The number of nitrogens with one attached hydrogen (secondary N) is 1. The van der Waals surface area contributed by atoms with Crippen molar-refractivity contribution in [2.45, 2.75) is 58.8 Å². The van der Waals surface area contributed by atoms with E-state index in [0.29, 0.717) is 11.4 Å². The Morgan fingerprint density at radius 3 is 2.31 bits per heavy atom. The topological polar surface area (TPSA) is 73.2 Å². The predicted molar refractivity (Wildman–Crippen MR) is 106 cm³/mol. The average molecular weight is 353 g/mol. The van der Waals surface area contributed by atoms with Gasteiger partial charge in [-0.25, -0.2) is 4.98 Å². The Kier molecular flexibility index (Phi) is 7.47. The highest BCUT2D eigenvalue weighted by Gasteiger charge is 2.22. The Labute approximate surface area is 157 Å². The lowest BCUT2D eigenvalue weighted by Gasteiger charge is -2.15. The molecule has 2 aromatic rings. The number of H-pyrrole nitrogens is 1. The zero-order valence-corrected chi connectivity index (χ0v) is 16.2. The van der Waals surface area contributed by atoms with E-state index in [2.05, 4.69) is 24.9 Å². The first-order valence-electron chi connectivity index (χ1n) is 9.57. The number of nitriles is 1. The number of rotatable bonds is 9. The minimum absolute atomic E-state index is 0.463. The molecule has 0 unspecified atom stereocenters. The highest BCUT2D eigenvalue weighted by atomic mass is 16.5. The van der Waals surface area contributed by atoms with E-state index in [1.54, 1.807) is 7.11 Å². The number of nitrogen functional groups attached to an aromatic ring is 1. The van der Waals surface area contributed by atoms with E-state index < -0.39 is 0 Å². The van der Waals surface area contributed by atoms with E-state index in [0.717, 1.165) is 49.0 Å². The number of aromatic amines is 1. The molecule has 0 spiro atoms. The Balaban J connectivity index is 2.61. The van der Waals surface area contributed by atoms with Crippen LogP contribution in [0.25, 0.3) is 11.1 Å². The largest absolute Gasteiger partial charge is 0.497 e. The van der Waals surface area contributed by atoms with Crippen LogP contribution in [0.15, 0.2) is 24.3 Å². The average Bonchev–Trinajstić information content (AvgIpc) is 2.67. The molecule has 1 heterocycles. The second-order valence-corrected chi connectivity index (χ2v) is 6.65. The Morgan fingerprint density at radius 2 is 1.73 bits per heavy atom. The zero-order valence-electron chi connectivity index (χ0n) is 16.2. The van der Waals surface area contributed by atoms with Crippen molar-refractivity contribution in [2.75, 3.05) is 12.8 Å². The van der Waals surface area contributed by atoms with Crippen LogP contribution < -0.4 is 15.5 Å². The van der Waals surface area contributed by atoms with Crippen LogP contribution in [0, 0.1) is 11.3 Å². The van der Waals surface area contributed by atoms with E-state index in [-0.39, 0.29) is 0 Å². The number of aryl methyl sites for hydroxylation is 1. The van der Waals surface area contributed by atoms with Crippen molar-refractivity contribution >= 4 is 5.82 Å². The van der Waals surface area contributed by atoms with Crippen LogP contribution in [0.5, 0.6) is 5.75 Å². The Hall–Kier alpha value is -2.54. The molecule has 4 heteroatoms. The van der Waals surface area contributed by atoms with Crippen LogP contribution >= 0.6 is 0 Å². The zero-order chi connectivity index (χ0) is 18.9. The van der Waals surface area contributed by atoms with E-state index in [4.69, 9.17) is 10.5 Å². The fraction of sp³-hybridized carbons (Fsp3) is 0.455. The number of unbranched alkanes of at least 4 members (excludes halogenated alkanes) is 3. The second-order valence-electron chi connectivity index (χ2n) is 6.65. The standard InChI is InChI=1S/C22H29N3O/c1-4-6-8-10-20-18(9-7-5-2)21(19(15-23)22(24)25-20)16-11-13-17(26-3)14-12-16/h11-14H,4-10H2,1-3H3,(H2,24,25)/p+1. The molecule has 0 saturated carbocycles. The number of ether oxygens (including phenoxy) is 1. The lowest BCUT2D eigenvalue weighted by atomic mass is 9.90. The summed E-state index contributed by atoms with van der Waals surface area (Å²) in [4.78, 5) is 3.33. The fourth-order valence-electron chi connectivity index (χ4n) is 3.32. The summed E-state index contributed by atoms with van der Waals surface area (Å²) in [5.74, 6) is 1.27. The maximum absolute atomic E-state index is 9.74. The number of methoxy groups -OCH3 is 1. The van der Waals surface area contributed by atoms with Gasteiger partial charge in [-0.05, 0) is 37.0 Å². The molecule has 0 aliphatic heterocycles. The monoisotopic (exact) mass is 352 g/mol. The summed E-state index contributed by atoms with van der Waals surface area (Å²) in [6.07, 6.45) is 7.62. The summed E-state index contributed by atoms with van der Waals surface area (Å²) in [6, 6.07) is 10.2. The number of aromatic nitrogens is 1. The van der Waals surface area contributed by atoms with Crippen molar-refractivity contribution in [3.63, 3.8) is 0 Å². The number of hydrogen-bond donors (Lipinski definition) is 1. The molecule has 1 aromatic heterocycles. The normalized spacial score (nSPS) is 10.5. The molecule has 0 atom stereocenters. The van der Waals surface area contributed by atoms with Crippen LogP contribution in [0.4, 0.5) is 5.82 Å². The minimum atomic E-state index is 0.463. The van der Waals surface area contributed by atoms with Crippen molar-refractivity contribution in [2.24, 2.45) is 0 Å². The van der Waals surface area contributed by atoms with Crippen molar-refractivity contribution in [3.05, 3.63) is 41.1 Å². The highest BCUT2D eigenvalue weighted by Crippen LogP contribution is 2.33. The van der Waals surface area contributed by atoms with Crippen LogP contribution in [0.1, 0.15) is 62.8 Å². The van der Waals surface area contributed by atoms with Crippen LogP contribution in [-0.2, 0) is 12.8 Å². The van der Waals surface area contributed by atoms with Gasteiger partial charge < -0.3 is 4.74 Å². The van der Waals surface area contributed by atoms with Gasteiger partial charge in [-0.3, -0.25) is 5.73 Å². The number of nitrogens with zero attached hydrogens (tertiary/aromatic N) is 1. The second kappa shape index (κ2) is 9.82. The summed E-state index contributed by atoms with van der Waals surface area (Å²) in [6.45, 7) is 4.40. The van der Waals surface area contributed by atoms with Crippen LogP contribution in [0.3, 0.4) is 0 Å². The van der Waals surface area contributed by atoms with E-state index in [1.807, 2.05) is 24.3 Å². The smallest absolute Gasteiger partial charge is 0.289 e. The van der Waals surface area contributed by atoms with Gasteiger partial charge in [0.1, 0.15) is 23.1 Å². The molecule has 1 aromatic carbocycles. The van der Waals surface area contributed by atoms with Crippen LogP contribution in [0.2, 0.25) is 0 Å². The molecule has 0 aliphatic carbocycles. The summed E-state index contributed by atoms with van der Waals surface area (Å²) in [5, 5.41) is 9.74. The maximum atomic E-state index is 9.74. The van der Waals surface area contributed by atoms with Crippen LogP contribution in [-0.4, -0.2) is 7.11 Å². The Morgan fingerprint density at radius 1 is 1.04 bits per heavy atom. The van der Waals surface area contributed by atoms with Gasteiger partial charge in [0, 0.05) is 17.5 Å². The number of hydrogen-bond acceptors (Lipinski definition) is 3. The first-order chi connectivity index (χ1) is 12.7. The molecule has 26 heavy (non-hydrogen) atoms. The van der Waals surface area contributed by atoms with Gasteiger partial charge in [-0.15, -0.1) is 0 Å². The maximum Gasteiger partial charge on any atom is 0.289 e. The summed E-state index contributed by atoms with van der Waals surface area (Å²) in [7, 11) is 1.66. The fourth-order valence-corrected chi connectivity index (χ4v) is 3.32. The van der Waals surface area contributed by atoms with Crippen molar-refractivity contribution in [1.29, 1.82) is 5.26 Å². The third-order valence-corrected chi connectivity index (χ3v) is 4.77. The summed E-state index contributed by atoms with van der Waals surface area (Å²) >= 11 is 0. The molecule has 0 amide bonds. The van der Waals surface area contributed by atoms with Crippen molar-refractivity contribution in [3.8, 4) is 22.9 Å². The summed E-state index contributed by atoms with van der Waals surface area (Å²) < 4.78 is 5.27. The molecule has 2 rings (SSSR count). The number of anilines is 1. The molecule has 4 nitrogen and oxygen atoms in total. The van der Waals surface area contributed by atoms with Gasteiger partial charge in [0.2, 0.25) is 0 Å². The lowest BCUT2D eigenvalue weighted by molar-refractivity contribution is -0.374. The number of benzene rings is 1. The SMILES string of the molecule is CCCCCc1[nH+]c(N)c(C#N)c(-c2ccc(OC)cc2)c1CCCC. The quantitative estimate of drug-likeness (QED) is 0.664. The van der Waals surface area contributed by atoms with E-state index in [1.165, 1.54) is 24.1 Å². The number of pyridine rings is 1. The molecule has 0 aliphatic rings. The highest BCUT2D eigenvalue weighted by molar-refractivity contribution is 5.78. The molecule has 0 saturated heterocycles. The first kappa shape index (κ1) is 19.8. The molecule has 3 N–H and O–H groups in total. The molecule has 0 fully saturated rings. The van der Waals surface area contributed by atoms with E-state index in [9.17, 15) is 5.26 Å². The molecule has 0 radical (unpaired) electrons. The molecule has 138 valence electrons. The van der Waals surface area contributed by atoms with E-state index >= 15 is 0 Å². The van der Waals surface area contributed by atoms with Crippen molar-refractivity contribution in [1.82, 2.24) is 0 Å². The van der Waals surface area contributed by atoms with Gasteiger partial charge in [0.25, 0.3) is 5.82 Å². The first-order valence-corrected chi connectivity index (χ1v) is 9.57. The molecule has 0 bridgehead atoms. The predicted octanol–water partition coefficient (Wildman–Crippen LogP) is 4.71. The summed E-state index contributed by atoms with van der Waals surface area (Å²) in [5.41, 5.74) is 11.2. The van der Waals surface area contributed by atoms with Gasteiger partial charge in [-0.1, -0.05) is 45.2 Å². The minimum Gasteiger partial charge on any atom is -0.497 e. The van der Waals surface area contributed by atoms with Crippen molar-refractivity contribution < 1.29 is 9.72 Å². The van der Waals surface area contributed by atoms with Gasteiger partial charge in [-0.2, -0.15) is 5.26 Å². The third kappa shape index (κ3) is 4.54. The Bertz CT molecular complexity index is 760. The number of nitrogens with two attached hydrogens (primary N) is 1. The third-order valence-electron chi connectivity index (χ3n) is 4.77.